The summed E-state index contributed by atoms with van der Waals surface area (Å²) in [6.45, 7) is 0.580. The van der Waals surface area contributed by atoms with Crippen molar-refractivity contribution in [3.63, 3.8) is 0 Å². The standard InChI is InChI=1S/C21H24FN3O4S/c22-16-7-6-8-17(15-16)24-21(27)20(26)23-13-12-18-9-4-5-14-25(18)30(28,29)19-10-2-1-3-11-19/h1-3,6-8,10-11,15,18H,4-5,9,12-14H2,(H,23,26)(H,24,27)/t18-/m1/s1. The van der Waals surface area contributed by atoms with Crippen LogP contribution in [0.4, 0.5) is 10.1 Å². The van der Waals surface area contributed by atoms with E-state index < -0.39 is 27.7 Å². The normalized spacial score (nSPS) is 17.3. The molecule has 1 aliphatic rings. The van der Waals surface area contributed by atoms with Gasteiger partial charge in [0.05, 0.1) is 4.90 Å². The number of nitrogens with zero attached hydrogens (tertiary/aromatic N) is 1. The molecule has 0 aliphatic carbocycles. The van der Waals surface area contributed by atoms with E-state index in [0.29, 0.717) is 19.4 Å². The Morgan fingerprint density at radius 1 is 1.03 bits per heavy atom. The third-order valence-corrected chi connectivity index (χ3v) is 6.94. The lowest BCUT2D eigenvalue weighted by Crippen LogP contribution is -2.45. The molecule has 0 saturated carbocycles. The fourth-order valence-corrected chi connectivity index (χ4v) is 5.24. The zero-order valence-electron chi connectivity index (χ0n) is 16.4. The van der Waals surface area contributed by atoms with E-state index in [-0.39, 0.29) is 23.2 Å². The number of benzene rings is 2. The van der Waals surface area contributed by atoms with Crippen molar-refractivity contribution in [2.45, 2.75) is 36.6 Å². The van der Waals surface area contributed by atoms with Crippen LogP contribution in [0.2, 0.25) is 0 Å². The maximum atomic E-state index is 13.2. The first-order valence-electron chi connectivity index (χ1n) is 9.79. The maximum Gasteiger partial charge on any atom is 0.313 e. The van der Waals surface area contributed by atoms with Gasteiger partial charge in [0.15, 0.2) is 0 Å². The second-order valence-corrected chi connectivity index (χ2v) is 8.98. The van der Waals surface area contributed by atoms with E-state index in [4.69, 9.17) is 0 Å². The fourth-order valence-electron chi connectivity index (χ4n) is 3.49. The molecule has 0 spiro atoms. The van der Waals surface area contributed by atoms with Crippen LogP contribution in [0.3, 0.4) is 0 Å². The van der Waals surface area contributed by atoms with Gasteiger partial charge in [0, 0.05) is 24.8 Å². The van der Waals surface area contributed by atoms with Gasteiger partial charge in [-0.05, 0) is 49.6 Å². The van der Waals surface area contributed by atoms with E-state index in [1.807, 2.05) is 0 Å². The van der Waals surface area contributed by atoms with Crippen LogP contribution in [0.15, 0.2) is 59.5 Å². The van der Waals surface area contributed by atoms with Crippen molar-refractivity contribution in [1.82, 2.24) is 9.62 Å². The van der Waals surface area contributed by atoms with Gasteiger partial charge in [-0.25, -0.2) is 12.8 Å². The minimum absolute atomic E-state index is 0.154. The van der Waals surface area contributed by atoms with E-state index in [2.05, 4.69) is 10.6 Å². The molecule has 7 nitrogen and oxygen atoms in total. The van der Waals surface area contributed by atoms with Crippen molar-refractivity contribution >= 4 is 27.5 Å². The van der Waals surface area contributed by atoms with Gasteiger partial charge in [0.2, 0.25) is 10.0 Å². The Labute approximate surface area is 175 Å². The van der Waals surface area contributed by atoms with Gasteiger partial charge in [0.1, 0.15) is 5.82 Å². The molecule has 3 rings (SSSR count). The Kier molecular flexibility index (Phi) is 7.17. The minimum Gasteiger partial charge on any atom is -0.348 e. The van der Waals surface area contributed by atoms with Crippen molar-refractivity contribution in [2.75, 3.05) is 18.4 Å². The van der Waals surface area contributed by atoms with Gasteiger partial charge < -0.3 is 10.6 Å². The molecule has 1 heterocycles. The predicted octanol–water partition coefficient (Wildman–Crippen LogP) is 2.51. The molecule has 2 aromatic rings. The van der Waals surface area contributed by atoms with Crippen LogP contribution in [0.25, 0.3) is 0 Å². The molecule has 1 fully saturated rings. The third-order valence-electron chi connectivity index (χ3n) is 4.97. The number of anilines is 1. The number of carbonyl (C=O) groups is 2. The van der Waals surface area contributed by atoms with Gasteiger partial charge in [-0.3, -0.25) is 9.59 Å². The Bertz CT molecular complexity index is 998. The lowest BCUT2D eigenvalue weighted by Gasteiger charge is -2.34. The number of halogens is 1. The fraction of sp³-hybridized carbons (Fsp3) is 0.333. The lowest BCUT2D eigenvalue weighted by atomic mass is 10.0. The number of amides is 2. The van der Waals surface area contributed by atoms with Crippen LogP contribution in [-0.2, 0) is 19.6 Å². The summed E-state index contributed by atoms with van der Waals surface area (Å²) in [7, 11) is -3.62. The van der Waals surface area contributed by atoms with E-state index in [1.54, 1.807) is 30.3 Å². The molecule has 1 saturated heterocycles. The van der Waals surface area contributed by atoms with Crippen molar-refractivity contribution in [2.24, 2.45) is 0 Å². The number of nitrogens with one attached hydrogen (secondary N) is 2. The van der Waals surface area contributed by atoms with Crippen molar-refractivity contribution in [3.05, 3.63) is 60.4 Å². The smallest absolute Gasteiger partial charge is 0.313 e. The SMILES string of the molecule is O=C(NCC[C@H]1CCCCN1S(=O)(=O)c1ccccc1)C(=O)Nc1cccc(F)c1. The van der Waals surface area contributed by atoms with E-state index in [1.165, 1.54) is 22.5 Å². The highest BCUT2D eigenvalue weighted by Crippen LogP contribution is 2.26. The summed E-state index contributed by atoms with van der Waals surface area (Å²) in [5.41, 5.74) is 0.183. The van der Waals surface area contributed by atoms with Gasteiger partial charge in [-0.1, -0.05) is 30.7 Å². The summed E-state index contributed by atoms with van der Waals surface area (Å²) in [6, 6.07) is 13.3. The third kappa shape index (κ3) is 5.43. The highest BCUT2D eigenvalue weighted by Gasteiger charge is 2.33. The van der Waals surface area contributed by atoms with Crippen molar-refractivity contribution < 1.29 is 22.4 Å². The number of piperidine rings is 1. The summed E-state index contributed by atoms with van der Waals surface area (Å²) in [4.78, 5) is 24.2. The van der Waals surface area contributed by atoms with Crippen LogP contribution in [0.1, 0.15) is 25.7 Å². The van der Waals surface area contributed by atoms with Crippen molar-refractivity contribution in [1.29, 1.82) is 0 Å². The predicted molar refractivity (Wildman–Crippen MR) is 111 cm³/mol. The van der Waals surface area contributed by atoms with E-state index >= 15 is 0 Å². The molecule has 0 bridgehead atoms. The molecule has 1 atom stereocenters. The average molecular weight is 434 g/mol. The topological polar surface area (TPSA) is 95.6 Å². The molecular formula is C21H24FN3O4S. The first kappa shape index (κ1) is 21.9. The average Bonchev–Trinajstić information content (AvgIpc) is 2.74. The molecule has 0 unspecified atom stereocenters. The molecule has 2 aromatic carbocycles. The molecule has 2 N–H and O–H groups in total. The molecule has 1 aliphatic heterocycles. The van der Waals surface area contributed by atoms with Gasteiger partial charge in [-0.2, -0.15) is 4.31 Å². The number of sulfonamides is 1. The molecule has 160 valence electrons. The summed E-state index contributed by atoms with van der Waals surface area (Å²) in [5, 5.41) is 4.84. The van der Waals surface area contributed by atoms with Crippen LogP contribution < -0.4 is 10.6 Å². The van der Waals surface area contributed by atoms with Crippen LogP contribution in [0.5, 0.6) is 0 Å². The van der Waals surface area contributed by atoms with Crippen molar-refractivity contribution in [3.8, 4) is 0 Å². The van der Waals surface area contributed by atoms with Crippen LogP contribution >= 0.6 is 0 Å². The number of hydrogen-bond acceptors (Lipinski definition) is 4. The molecular weight excluding hydrogens is 409 g/mol. The molecule has 30 heavy (non-hydrogen) atoms. The zero-order valence-corrected chi connectivity index (χ0v) is 17.2. The van der Waals surface area contributed by atoms with Gasteiger partial charge >= 0.3 is 11.8 Å². The van der Waals surface area contributed by atoms with Crippen LogP contribution in [-0.4, -0.2) is 43.7 Å². The maximum absolute atomic E-state index is 13.2. The largest absolute Gasteiger partial charge is 0.348 e. The second-order valence-electron chi connectivity index (χ2n) is 7.09. The summed E-state index contributed by atoms with van der Waals surface area (Å²) in [5.74, 6) is -2.28. The molecule has 9 heteroatoms. The number of carbonyl (C=O) groups excluding carboxylic acids is 2. The Morgan fingerprint density at radius 3 is 2.53 bits per heavy atom. The van der Waals surface area contributed by atoms with Crippen LogP contribution in [0, 0.1) is 5.82 Å². The highest BCUT2D eigenvalue weighted by molar-refractivity contribution is 7.89. The van der Waals surface area contributed by atoms with E-state index in [0.717, 1.165) is 18.9 Å². The molecule has 0 radical (unpaired) electrons. The minimum atomic E-state index is -3.62. The molecule has 0 aromatic heterocycles. The lowest BCUT2D eigenvalue weighted by molar-refractivity contribution is -0.136. The highest BCUT2D eigenvalue weighted by atomic mass is 32.2. The second kappa shape index (κ2) is 9.82. The van der Waals surface area contributed by atoms with E-state index in [9.17, 15) is 22.4 Å². The van der Waals surface area contributed by atoms with Gasteiger partial charge in [-0.15, -0.1) is 0 Å². The summed E-state index contributed by atoms with van der Waals surface area (Å²) >= 11 is 0. The summed E-state index contributed by atoms with van der Waals surface area (Å²) in [6.07, 6.45) is 2.77. The summed E-state index contributed by atoms with van der Waals surface area (Å²) < 4.78 is 40.6. The monoisotopic (exact) mass is 433 g/mol. The zero-order chi connectivity index (χ0) is 21.6. The first-order chi connectivity index (χ1) is 14.4. The quantitative estimate of drug-likeness (QED) is 0.685. The Hall–Kier alpha value is -2.78. The Morgan fingerprint density at radius 2 is 1.80 bits per heavy atom. The number of hydrogen-bond donors (Lipinski definition) is 2. The molecule has 2 amide bonds. The number of rotatable bonds is 6. The first-order valence-corrected chi connectivity index (χ1v) is 11.2. The Balaban J connectivity index is 1.56. The van der Waals surface area contributed by atoms with Gasteiger partial charge in [0.25, 0.3) is 0 Å².